The predicted octanol–water partition coefficient (Wildman–Crippen LogP) is -0.565. The van der Waals surface area contributed by atoms with Crippen LogP contribution in [0.15, 0.2) is 0 Å². The number of rotatable bonds is 8. The lowest BCUT2D eigenvalue weighted by molar-refractivity contribution is 0.150. The molecule has 0 fully saturated rings. The maximum absolute atomic E-state index is 11.5. The van der Waals surface area contributed by atoms with Crippen LogP contribution in [0.25, 0.3) is 0 Å². The van der Waals surface area contributed by atoms with Crippen LogP contribution in [0.3, 0.4) is 0 Å². The van der Waals surface area contributed by atoms with E-state index in [2.05, 4.69) is 0 Å². The maximum Gasteiger partial charge on any atom is 0.227 e. The molecule has 0 saturated heterocycles. The number of hydrogen-bond donors (Lipinski definition) is 0. The Balaban J connectivity index is 4.40. The second-order valence-corrected chi connectivity index (χ2v) is 4.77. The molecule has 0 bridgehead atoms. The van der Waals surface area contributed by atoms with Crippen LogP contribution in [0.2, 0.25) is 0 Å². The molecule has 0 aliphatic rings. The molecule has 6 nitrogen and oxygen atoms in total. The lowest BCUT2D eigenvalue weighted by Gasteiger charge is -2.19. The van der Waals surface area contributed by atoms with E-state index in [1.807, 2.05) is 0 Å². The van der Waals surface area contributed by atoms with Gasteiger partial charge in [-0.2, -0.15) is 9.57 Å². The number of hydrogen-bond acceptors (Lipinski definition) is 5. The number of sulfonamides is 1. The average molecular weight is 236 g/mol. The van der Waals surface area contributed by atoms with Crippen LogP contribution in [-0.2, 0) is 19.5 Å². The summed E-state index contributed by atoms with van der Waals surface area (Å²) in [6, 6.07) is 1.63. The van der Waals surface area contributed by atoms with Gasteiger partial charge in [-0.25, -0.2) is 8.42 Å². The quantitative estimate of drug-likeness (QED) is 0.564. The second kappa shape index (κ2) is 7.59. The highest BCUT2D eigenvalue weighted by molar-refractivity contribution is 7.89. The van der Waals surface area contributed by atoms with Gasteiger partial charge in [0.15, 0.2) is 5.75 Å². The van der Waals surface area contributed by atoms with Crippen LogP contribution >= 0.6 is 0 Å². The molecule has 0 amide bonds. The molecular weight excluding hydrogens is 220 g/mol. The van der Waals surface area contributed by atoms with Gasteiger partial charge < -0.3 is 9.47 Å². The van der Waals surface area contributed by atoms with Crippen molar-refractivity contribution in [2.45, 2.75) is 0 Å². The molecule has 0 aromatic carbocycles. The summed E-state index contributed by atoms with van der Waals surface area (Å²) in [5, 5.41) is 8.38. The van der Waals surface area contributed by atoms with Crippen molar-refractivity contribution in [3.63, 3.8) is 0 Å². The SMILES string of the molecule is COCCN(CCOC)S(=O)(=O)CC#N. The molecule has 0 rings (SSSR count). The van der Waals surface area contributed by atoms with E-state index in [-0.39, 0.29) is 13.1 Å². The van der Waals surface area contributed by atoms with Crippen molar-refractivity contribution >= 4 is 10.0 Å². The van der Waals surface area contributed by atoms with Crippen molar-refractivity contribution in [1.29, 1.82) is 5.26 Å². The Kier molecular flexibility index (Phi) is 7.25. The van der Waals surface area contributed by atoms with E-state index < -0.39 is 15.8 Å². The monoisotopic (exact) mass is 236 g/mol. The van der Waals surface area contributed by atoms with Crippen LogP contribution < -0.4 is 0 Å². The summed E-state index contributed by atoms with van der Waals surface area (Å²) in [6.07, 6.45) is 0. The van der Waals surface area contributed by atoms with E-state index >= 15 is 0 Å². The molecule has 0 aromatic heterocycles. The molecule has 0 atom stereocenters. The standard InChI is InChI=1S/C8H16N2O4S/c1-13-6-4-10(5-7-14-2)15(11,12)8-3-9/h4-8H2,1-2H3. The molecule has 7 heteroatoms. The fraction of sp³-hybridized carbons (Fsp3) is 0.875. The molecule has 0 radical (unpaired) electrons. The van der Waals surface area contributed by atoms with Gasteiger partial charge in [0.25, 0.3) is 0 Å². The second-order valence-electron chi connectivity index (χ2n) is 2.80. The third-order valence-corrected chi connectivity index (χ3v) is 3.38. The first-order chi connectivity index (χ1) is 7.08. The lowest BCUT2D eigenvalue weighted by Crippen LogP contribution is -2.37. The van der Waals surface area contributed by atoms with Crippen LogP contribution in [0, 0.1) is 11.3 Å². The number of nitriles is 1. The van der Waals surface area contributed by atoms with Crippen molar-refractivity contribution in [1.82, 2.24) is 4.31 Å². The third-order valence-electron chi connectivity index (χ3n) is 1.73. The van der Waals surface area contributed by atoms with Crippen molar-refractivity contribution in [3.8, 4) is 6.07 Å². The minimum atomic E-state index is -3.50. The lowest BCUT2D eigenvalue weighted by atomic mass is 10.6. The van der Waals surface area contributed by atoms with Gasteiger partial charge in [-0.3, -0.25) is 0 Å². The summed E-state index contributed by atoms with van der Waals surface area (Å²) in [7, 11) is -0.522. The van der Waals surface area contributed by atoms with E-state index in [1.165, 1.54) is 18.5 Å². The van der Waals surface area contributed by atoms with E-state index in [4.69, 9.17) is 14.7 Å². The van der Waals surface area contributed by atoms with Gasteiger partial charge in [0.2, 0.25) is 10.0 Å². The van der Waals surface area contributed by atoms with E-state index in [0.29, 0.717) is 13.2 Å². The smallest absolute Gasteiger partial charge is 0.227 e. The Hall–Kier alpha value is -0.680. The van der Waals surface area contributed by atoms with Gasteiger partial charge >= 0.3 is 0 Å². The Bertz CT molecular complexity index is 288. The first-order valence-electron chi connectivity index (χ1n) is 4.41. The average Bonchev–Trinajstić information content (AvgIpc) is 2.17. The largest absolute Gasteiger partial charge is 0.383 e. The van der Waals surface area contributed by atoms with Gasteiger partial charge in [-0.15, -0.1) is 0 Å². The zero-order valence-corrected chi connectivity index (χ0v) is 9.79. The van der Waals surface area contributed by atoms with Crippen LogP contribution in [0.1, 0.15) is 0 Å². The Labute approximate surface area is 90.4 Å². The maximum atomic E-state index is 11.5. The Morgan fingerprint density at radius 3 is 2.00 bits per heavy atom. The van der Waals surface area contributed by atoms with Crippen LogP contribution in [-0.4, -0.2) is 59.0 Å². The summed E-state index contributed by atoms with van der Waals surface area (Å²) in [4.78, 5) is 0. The predicted molar refractivity (Wildman–Crippen MR) is 54.7 cm³/mol. The minimum absolute atomic E-state index is 0.240. The molecule has 0 aliphatic carbocycles. The van der Waals surface area contributed by atoms with E-state index in [9.17, 15) is 8.42 Å². The normalized spacial score (nSPS) is 11.6. The van der Waals surface area contributed by atoms with Crippen molar-refractivity contribution in [2.75, 3.05) is 46.3 Å². The van der Waals surface area contributed by atoms with Gasteiger partial charge in [0.1, 0.15) is 0 Å². The molecule has 0 N–H and O–H groups in total. The fourth-order valence-corrected chi connectivity index (χ4v) is 2.00. The van der Waals surface area contributed by atoms with Gasteiger partial charge in [-0.05, 0) is 0 Å². The van der Waals surface area contributed by atoms with E-state index in [1.54, 1.807) is 6.07 Å². The first kappa shape index (κ1) is 14.3. The molecule has 88 valence electrons. The third kappa shape index (κ3) is 5.69. The van der Waals surface area contributed by atoms with Gasteiger partial charge in [0.05, 0.1) is 19.3 Å². The highest BCUT2D eigenvalue weighted by Gasteiger charge is 2.20. The highest BCUT2D eigenvalue weighted by Crippen LogP contribution is 2.00. The Morgan fingerprint density at radius 2 is 1.67 bits per heavy atom. The zero-order valence-electron chi connectivity index (χ0n) is 8.97. The molecule has 0 spiro atoms. The number of methoxy groups -OCH3 is 2. The minimum Gasteiger partial charge on any atom is -0.383 e. The van der Waals surface area contributed by atoms with Crippen molar-refractivity contribution in [3.05, 3.63) is 0 Å². The summed E-state index contributed by atoms with van der Waals surface area (Å²) >= 11 is 0. The molecule has 0 heterocycles. The summed E-state index contributed by atoms with van der Waals surface area (Å²) in [5.74, 6) is -0.513. The summed E-state index contributed by atoms with van der Waals surface area (Å²) in [5.41, 5.74) is 0. The molecule has 0 aromatic rings. The Morgan fingerprint density at radius 1 is 1.20 bits per heavy atom. The van der Waals surface area contributed by atoms with E-state index in [0.717, 1.165) is 0 Å². The van der Waals surface area contributed by atoms with Crippen molar-refractivity contribution < 1.29 is 17.9 Å². The van der Waals surface area contributed by atoms with Gasteiger partial charge in [-0.1, -0.05) is 0 Å². The fourth-order valence-electron chi connectivity index (χ4n) is 0.949. The van der Waals surface area contributed by atoms with Crippen LogP contribution in [0.5, 0.6) is 0 Å². The molecular formula is C8H16N2O4S. The number of nitrogens with zero attached hydrogens (tertiary/aromatic N) is 2. The summed E-state index contributed by atoms with van der Waals surface area (Å²) in [6.45, 7) is 1.08. The first-order valence-corrected chi connectivity index (χ1v) is 6.02. The van der Waals surface area contributed by atoms with Gasteiger partial charge in [0, 0.05) is 27.3 Å². The molecule has 0 aliphatic heterocycles. The summed E-state index contributed by atoms with van der Waals surface area (Å²) < 4.78 is 33.9. The zero-order chi connectivity index (χ0) is 11.7. The molecule has 0 saturated carbocycles. The van der Waals surface area contributed by atoms with Crippen LogP contribution in [0.4, 0.5) is 0 Å². The molecule has 15 heavy (non-hydrogen) atoms. The molecule has 0 unspecified atom stereocenters. The topological polar surface area (TPSA) is 79.6 Å². The van der Waals surface area contributed by atoms with Crippen molar-refractivity contribution in [2.24, 2.45) is 0 Å². The highest BCUT2D eigenvalue weighted by atomic mass is 32.2. The number of ether oxygens (including phenoxy) is 2.